The number of thiophene rings is 1. The van der Waals surface area contributed by atoms with Crippen LogP contribution in [0.3, 0.4) is 0 Å². The van der Waals surface area contributed by atoms with Crippen molar-refractivity contribution in [3.63, 3.8) is 0 Å². The molecule has 0 aromatic carbocycles. The molecule has 0 amide bonds. The monoisotopic (exact) mass is 311 g/mol. The van der Waals surface area contributed by atoms with Crippen molar-refractivity contribution in [2.45, 2.75) is 26.3 Å². The Balaban J connectivity index is 2.11. The third-order valence-corrected chi connectivity index (χ3v) is 4.89. The molecule has 0 saturated carbocycles. The number of hydrogen-bond acceptors (Lipinski definition) is 5. The predicted octanol–water partition coefficient (Wildman–Crippen LogP) is 2.42. The Bertz CT molecular complexity index is 639. The molecule has 0 aliphatic carbocycles. The van der Waals surface area contributed by atoms with Crippen molar-refractivity contribution in [3.05, 3.63) is 34.9 Å². The van der Waals surface area contributed by atoms with Crippen LogP contribution in [0.5, 0.6) is 0 Å². The minimum Gasteiger partial charge on any atom is -0.256 e. The summed E-state index contributed by atoms with van der Waals surface area (Å²) in [6, 6.07) is 1.95. The van der Waals surface area contributed by atoms with E-state index in [1.54, 1.807) is 23.7 Å². The van der Waals surface area contributed by atoms with Gasteiger partial charge in [0, 0.05) is 23.3 Å². The maximum absolute atomic E-state index is 11.8. The van der Waals surface area contributed by atoms with Crippen LogP contribution in [0.2, 0.25) is 0 Å². The van der Waals surface area contributed by atoms with E-state index in [0.29, 0.717) is 12.1 Å². The van der Waals surface area contributed by atoms with Crippen LogP contribution in [0.25, 0.3) is 11.3 Å². The van der Waals surface area contributed by atoms with Crippen molar-refractivity contribution < 1.29 is 8.42 Å². The molecule has 0 bridgehead atoms. The maximum Gasteiger partial charge on any atom is 0.211 e. The van der Waals surface area contributed by atoms with E-state index in [0.717, 1.165) is 17.7 Å². The highest BCUT2D eigenvalue weighted by Gasteiger charge is 2.13. The van der Waals surface area contributed by atoms with Gasteiger partial charge >= 0.3 is 0 Å². The summed E-state index contributed by atoms with van der Waals surface area (Å²) in [5.74, 6) is 0.150. The minimum atomic E-state index is -3.24. The Kier molecular flexibility index (Phi) is 5.22. The van der Waals surface area contributed by atoms with E-state index in [1.165, 1.54) is 0 Å². The number of unbranched alkanes of at least 4 members (excludes halogenated alkanes) is 1. The summed E-state index contributed by atoms with van der Waals surface area (Å²) in [5.41, 5.74) is 2.34. The van der Waals surface area contributed by atoms with Gasteiger partial charge in [-0.1, -0.05) is 13.3 Å². The van der Waals surface area contributed by atoms with Crippen molar-refractivity contribution in [3.8, 4) is 11.3 Å². The molecule has 7 heteroatoms. The summed E-state index contributed by atoms with van der Waals surface area (Å²) in [6.07, 6.45) is 4.70. The first-order valence-electron chi connectivity index (χ1n) is 6.42. The summed E-state index contributed by atoms with van der Waals surface area (Å²) in [6.45, 7) is 2.14. The van der Waals surface area contributed by atoms with E-state index in [1.807, 2.05) is 23.8 Å². The molecule has 0 saturated heterocycles. The molecule has 0 atom stereocenters. The Morgan fingerprint density at radius 3 is 2.80 bits per heavy atom. The van der Waals surface area contributed by atoms with Crippen LogP contribution in [-0.2, 0) is 16.6 Å². The lowest BCUT2D eigenvalue weighted by Gasteiger charge is -2.08. The van der Waals surface area contributed by atoms with E-state index in [4.69, 9.17) is 0 Å². The van der Waals surface area contributed by atoms with Gasteiger partial charge in [-0.25, -0.2) is 13.1 Å². The number of aromatic nitrogens is 2. The fraction of sp³-hybridized carbons (Fsp3) is 0.385. The maximum atomic E-state index is 11.8. The summed E-state index contributed by atoms with van der Waals surface area (Å²) in [4.78, 5) is 8.53. The molecule has 0 spiro atoms. The normalized spacial score (nSPS) is 11.7. The van der Waals surface area contributed by atoms with Crippen LogP contribution >= 0.6 is 11.3 Å². The third kappa shape index (κ3) is 4.09. The highest BCUT2D eigenvalue weighted by molar-refractivity contribution is 7.89. The summed E-state index contributed by atoms with van der Waals surface area (Å²) >= 11 is 1.57. The average Bonchev–Trinajstić information content (AvgIpc) is 2.97. The van der Waals surface area contributed by atoms with Crippen LogP contribution in [0.15, 0.2) is 29.2 Å². The van der Waals surface area contributed by atoms with E-state index in [9.17, 15) is 8.42 Å². The molecular weight excluding hydrogens is 294 g/mol. The largest absolute Gasteiger partial charge is 0.256 e. The van der Waals surface area contributed by atoms with Gasteiger partial charge in [0.2, 0.25) is 10.0 Å². The van der Waals surface area contributed by atoms with Crippen LogP contribution in [0.1, 0.15) is 25.5 Å². The van der Waals surface area contributed by atoms with Crippen molar-refractivity contribution >= 4 is 21.4 Å². The van der Waals surface area contributed by atoms with Gasteiger partial charge in [-0.2, -0.15) is 11.3 Å². The molecule has 20 heavy (non-hydrogen) atoms. The van der Waals surface area contributed by atoms with E-state index in [2.05, 4.69) is 14.7 Å². The van der Waals surface area contributed by atoms with Crippen molar-refractivity contribution in [1.29, 1.82) is 0 Å². The predicted molar refractivity (Wildman–Crippen MR) is 80.9 cm³/mol. The number of sulfonamides is 1. The molecule has 2 aromatic rings. The molecule has 2 rings (SSSR count). The van der Waals surface area contributed by atoms with Gasteiger partial charge in [-0.15, -0.1) is 0 Å². The first kappa shape index (κ1) is 15.1. The van der Waals surface area contributed by atoms with Crippen molar-refractivity contribution in [2.75, 3.05) is 5.75 Å². The summed E-state index contributed by atoms with van der Waals surface area (Å²) in [7, 11) is -3.24. The van der Waals surface area contributed by atoms with Crippen molar-refractivity contribution in [1.82, 2.24) is 14.7 Å². The first-order valence-corrected chi connectivity index (χ1v) is 9.01. The van der Waals surface area contributed by atoms with Crippen LogP contribution < -0.4 is 4.72 Å². The first-order chi connectivity index (χ1) is 9.62. The zero-order valence-electron chi connectivity index (χ0n) is 11.2. The molecule has 2 aromatic heterocycles. The number of hydrogen-bond donors (Lipinski definition) is 1. The van der Waals surface area contributed by atoms with Gasteiger partial charge in [0.25, 0.3) is 0 Å². The lowest BCUT2D eigenvalue weighted by molar-refractivity contribution is 0.577. The second-order valence-electron chi connectivity index (χ2n) is 4.36. The average molecular weight is 311 g/mol. The summed E-state index contributed by atoms with van der Waals surface area (Å²) < 4.78 is 26.2. The molecule has 0 fully saturated rings. The second kappa shape index (κ2) is 6.92. The highest BCUT2D eigenvalue weighted by Crippen LogP contribution is 2.22. The second-order valence-corrected chi connectivity index (χ2v) is 7.06. The molecule has 0 unspecified atom stereocenters. The molecule has 0 aliphatic heterocycles. The van der Waals surface area contributed by atoms with Gasteiger partial charge in [0.15, 0.2) is 0 Å². The fourth-order valence-electron chi connectivity index (χ4n) is 1.72. The zero-order valence-corrected chi connectivity index (χ0v) is 12.9. The smallest absolute Gasteiger partial charge is 0.211 e. The number of rotatable bonds is 7. The van der Waals surface area contributed by atoms with Gasteiger partial charge in [-0.3, -0.25) is 9.97 Å². The quantitative estimate of drug-likeness (QED) is 0.852. The van der Waals surface area contributed by atoms with E-state index >= 15 is 0 Å². The number of nitrogens with zero attached hydrogens (tertiary/aromatic N) is 2. The third-order valence-electron chi connectivity index (χ3n) is 2.79. The van der Waals surface area contributed by atoms with Crippen LogP contribution in [-0.4, -0.2) is 24.1 Å². The number of nitrogens with one attached hydrogen (secondary N) is 1. The Morgan fingerprint density at radius 2 is 2.10 bits per heavy atom. The molecular formula is C13H17N3O2S2. The van der Waals surface area contributed by atoms with E-state index in [-0.39, 0.29) is 12.3 Å². The van der Waals surface area contributed by atoms with Gasteiger partial charge in [0.1, 0.15) is 0 Å². The molecule has 0 radical (unpaired) electrons. The lowest BCUT2D eigenvalue weighted by Crippen LogP contribution is -2.26. The molecule has 108 valence electrons. The fourth-order valence-corrected chi connectivity index (χ4v) is 3.53. The van der Waals surface area contributed by atoms with E-state index < -0.39 is 10.0 Å². The van der Waals surface area contributed by atoms with Gasteiger partial charge in [-0.05, 0) is 17.9 Å². The summed E-state index contributed by atoms with van der Waals surface area (Å²) in [5, 5.41) is 3.93. The minimum absolute atomic E-state index is 0.150. The Labute approximate surface area is 123 Å². The van der Waals surface area contributed by atoms with Gasteiger partial charge in [0.05, 0.1) is 23.7 Å². The van der Waals surface area contributed by atoms with Crippen LogP contribution in [0.4, 0.5) is 0 Å². The molecule has 0 aliphatic rings. The topological polar surface area (TPSA) is 72.0 Å². The van der Waals surface area contributed by atoms with Crippen LogP contribution in [0, 0.1) is 0 Å². The zero-order chi connectivity index (χ0) is 14.4. The Hall–Kier alpha value is -1.31. The highest BCUT2D eigenvalue weighted by atomic mass is 32.2. The molecule has 2 heterocycles. The lowest BCUT2D eigenvalue weighted by atomic mass is 10.2. The SMILES string of the molecule is CCCCS(=O)(=O)NCc1nccnc1-c1ccsc1. The Morgan fingerprint density at radius 1 is 1.30 bits per heavy atom. The van der Waals surface area contributed by atoms with Gasteiger partial charge < -0.3 is 0 Å². The molecule has 1 N–H and O–H groups in total. The van der Waals surface area contributed by atoms with Crippen molar-refractivity contribution in [2.24, 2.45) is 0 Å². The molecule has 5 nitrogen and oxygen atoms in total. The standard InChI is InChI=1S/C13H17N3O2S2/c1-2-3-8-20(17,18)16-9-12-13(15-6-5-14-12)11-4-7-19-10-11/h4-7,10,16H,2-3,8-9H2,1H3.